The minimum Gasteiger partial charge on any atom is -0.375 e. The highest BCUT2D eigenvalue weighted by Crippen LogP contribution is 2.14. The predicted molar refractivity (Wildman–Crippen MR) is 87.6 cm³/mol. The number of carbonyl (C=O) groups is 1. The van der Waals surface area contributed by atoms with Crippen LogP contribution in [-0.4, -0.2) is 19.7 Å². The molecule has 0 aliphatic heterocycles. The summed E-state index contributed by atoms with van der Waals surface area (Å²) in [5, 5.41) is 5.71. The summed E-state index contributed by atoms with van der Waals surface area (Å²) in [7, 11) is 1.64. The Bertz CT molecular complexity index is 599. The molecular weight excluding hydrogens is 276 g/mol. The molecule has 1 unspecified atom stereocenters. The van der Waals surface area contributed by atoms with Gasteiger partial charge in [0.15, 0.2) is 0 Å². The molecule has 0 saturated carbocycles. The predicted octanol–water partition coefficient (Wildman–Crippen LogP) is 3.18. The Morgan fingerprint density at radius 3 is 2.41 bits per heavy atom. The molecule has 0 heterocycles. The van der Waals surface area contributed by atoms with E-state index >= 15 is 0 Å². The number of carbonyl (C=O) groups excluding carboxylic acids is 1. The first kappa shape index (κ1) is 16.0. The fourth-order valence-corrected chi connectivity index (χ4v) is 2.24. The lowest BCUT2D eigenvalue weighted by Crippen LogP contribution is -2.37. The highest BCUT2D eigenvalue weighted by atomic mass is 16.5. The van der Waals surface area contributed by atoms with Crippen molar-refractivity contribution in [3.05, 3.63) is 71.3 Å². The zero-order valence-electron chi connectivity index (χ0n) is 13.0. The standard InChI is InChI=1S/C18H22N2O2/c1-14-8-6-7-11-16(14)12-19-18(21)20-13-17(22-2)15-9-4-3-5-10-15/h3-11,17H,12-13H2,1-2H3,(H2,19,20,21). The molecule has 0 saturated heterocycles. The molecule has 4 nitrogen and oxygen atoms in total. The van der Waals surface area contributed by atoms with Crippen LogP contribution in [0.1, 0.15) is 22.8 Å². The van der Waals surface area contributed by atoms with Crippen molar-refractivity contribution in [1.82, 2.24) is 10.6 Å². The molecular formula is C18H22N2O2. The summed E-state index contributed by atoms with van der Waals surface area (Å²) < 4.78 is 5.43. The fourth-order valence-electron chi connectivity index (χ4n) is 2.24. The van der Waals surface area contributed by atoms with Crippen LogP contribution in [0.25, 0.3) is 0 Å². The molecule has 0 aliphatic rings. The molecule has 2 rings (SSSR count). The van der Waals surface area contributed by atoms with Gasteiger partial charge in [0.1, 0.15) is 0 Å². The highest BCUT2D eigenvalue weighted by molar-refractivity contribution is 5.73. The molecule has 4 heteroatoms. The molecule has 0 aromatic heterocycles. The van der Waals surface area contributed by atoms with E-state index in [1.807, 2.05) is 61.5 Å². The third-order valence-corrected chi connectivity index (χ3v) is 3.60. The Kier molecular flexibility index (Phi) is 5.98. The fraction of sp³-hybridized carbons (Fsp3) is 0.278. The number of amides is 2. The van der Waals surface area contributed by atoms with Crippen molar-refractivity contribution >= 4 is 6.03 Å². The van der Waals surface area contributed by atoms with Crippen LogP contribution in [0.2, 0.25) is 0 Å². The van der Waals surface area contributed by atoms with Gasteiger partial charge >= 0.3 is 6.03 Å². The number of methoxy groups -OCH3 is 1. The summed E-state index contributed by atoms with van der Waals surface area (Å²) in [5.74, 6) is 0. The van der Waals surface area contributed by atoms with Crippen LogP contribution < -0.4 is 10.6 Å². The molecule has 0 aliphatic carbocycles. The second kappa shape index (κ2) is 8.20. The van der Waals surface area contributed by atoms with Crippen molar-refractivity contribution in [3.63, 3.8) is 0 Å². The molecule has 0 bridgehead atoms. The first-order valence-corrected chi connectivity index (χ1v) is 7.34. The van der Waals surface area contributed by atoms with E-state index in [0.29, 0.717) is 13.1 Å². The summed E-state index contributed by atoms with van der Waals surface area (Å²) in [5.41, 5.74) is 3.33. The third-order valence-electron chi connectivity index (χ3n) is 3.60. The van der Waals surface area contributed by atoms with Crippen LogP contribution in [-0.2, 0) is 11.3 Å². The molecule has 0 radical (unpaired) electrons. The van der Waals surface area contributed by atoms with E-state index in [0.717, 1.165) is 11.1 Å². The number of rotatable bonds is 6. The van der Waals surface area contributed by atoms with Crippen molar-refractivity contribution in [3.8, 4) is 0 Å². The van der Waals surface area contributed by atoms with Gasteiger partial charge in [0.05, 0.1) is 6.10 Å². The topological polar surface area (TPSA) is 50.4 Å². The van der Waals surface area contributed by atoms with E-state index in [9.17, 15) is 4.79 Å². The number of urea groups is 1. The monoisotopic (exact) mass is 298 g/mol. The first-order valence-electron chi connectivity index (χ1n) is 7.34. The maximum atomic E-state index is 11.9. The number of hydrogen-bond donors (Lipinski definition) is 2. The normalized spacial score (nSPS) is 11.7. The van der Waals surface area contributed by atoms with E-state index < -0.39 is 0 Å². The molecule has 1 atom stereocenters. The van der Waals surface area contributed by atoms with E-state index in [2.05, 4.69) is 10.6 Å². The molecule has 2 N–H and O–H groups in total. The van der Waals surface area contributed by atoms with Crippen LogP contribution in [0.3, 0.4) is 0 Å². The highest BCUT2D eigenvalue weighted by Gasteiger charge is 2.11. The Morgan fingerprint density at radius 1 is 1.05 bits per heavy atom. The Morgan fingerprint density at radius 2 is 1.73 bits per heavy atom. The minimum absolute atomic E-state index is 0.148. The number of aryl methyl sites for hydroxylation is 1. The largest absolute Gasteiger partial charge is 0.375 e. The van der Waals surface area contributed by atoms with Crippen molar-refractivity contribution in [1.29, 1.82) is 0 Å². The van der Waals surface area contributed by atoms with Gasteiger partial charge in [-0.05, 0) is 23.6 Å². The Hall–Kier alpha value is -2.33. The van der Waals surface area contributed by atoms with Gasteiger partial charge in [-0.15, -0.1) is 0 Å². The van der Waals surface area contributed by atoms with Gasteiger partial charge in [-0.3, -0.25) is 0 Å². The van der Waals surface area contributed by atoms with E-state index in [1.165, 1.54) is 5.56 Å². The molecule has 116 valence electrons. The quantitative estimate of drug-likeness (QED) is 0.860. The van der Waals surface area contributed by atoms with E-state index in [-0.39, 0.29) is 12.1 Å². The van der Waals surface area contributed by atoms with Crippen LogP contribution in [0.15, 0.2) is 54.6 Å². The number of hydrogen-bond acceptors (Lipinski definition) is 2. The second-order valence-electron chi connectivity index (χ2n) is 5.13. The molecule has 2 aromatic carbocycles. The lowest BCUT2D eigenvalue weighted by Gasteiger charge is -2.17. The van der Waals surface area contributed by atoms with Crippen LogP contribution >= 0.6 is 0 Å². The van der Waals surface area contributed by atoms with Gasteiger partial charge < -0.3 is 15.4 Å². The summed E-state index contributed by atoms with van der Waals surface area (Å²) in [6.07, 6.45) is -0.148. The van der Waals surface area contributed by atoms with Crippen LogP contribution in [0, 0.1) is 6.92 Å². The molecule has 0 spiro atoms. The number of benzene rings is 2. The third kappa shape index (κ3) is 4.60. The Balaban J connectivity index is 1.81. The zero-order valence-corrected chi connectivity index (χ0v) is 13.0. The van der Waals surface area contributed by atoms with Gasteiger partial charge in [0, 0.05) is 20.2 Å². The number of ether oxygens (including phenoxy) is 1. The summed E-state index contributed by atoms with van der Waals surface area (Å²) >= 11 is 0. The van der Waals surface area contributed by atoms with Crippen LogP contribution in [0.4, 0.5) is 4.79 Å². The minimum atomic E-state index is -0.193. The number of nitrogens with one attached hydrogen (secondary N) is 2. The van der Waals surface area contributed by atoms with Gasteiger partial charge in [-0.1, -0.05) is 54.6 Å². The first-order chi connectivity index (χ1) is 10.7. The Labute approximate surface area is 131 Å². The summed E-state index contributed by atoms with van der Waals surface area (Å²) in [4.78, 5) is 11.9. The van der Waals surface area contributed by atoms with Crippen molar-refractivity contribution in [2.24, 2.45) is 0 Å². The van der Waals surface area contributed by atoms with Gasteiger partial charge in [0.2, 0.25) is 0 Å². The SMILES string of the molecule is COC(CNC(=O)NCc1ccccc1C)c1ccccc1. The molecule has 2 amide bonds. The van der Waals surface area contributed by atoms with E-state index in [4.69, 9.17) is 4.74 Å². The van der Waals surface area contributed by atoms with Gasteiger partial charge in [-0.2, -0.15) is 0 Å². The maximum absolute atomic E-state index is 11.9. The molecule has 2 aromatic rings. The molecule has 22 heavy (non-hydrogen) atoms. The van der Waals surface area contributed by atoms with Gasteiger partial charge in [0.25, 0.3) is 0 Å². The smallest absolute Gasteiger partial charge is 0.315 e. The van der Waals surface area contributed by atoms with Crippen LogP contribution in [0.5, 0.6) is 0 Å². The lowest BCUT2D eigenvalue weighted by molar-refractivity contribution is 0.104. The maximum Gasteiger partial charge on any atom is 0.315 e. The average Bonchev–Trinajstić information content (AvgIpc) is 2.55. The zero-order chi connectivity index (χ0) is 15.8. The van der Waals surface area contributed by atoms with Crippen molar-refractivity contribution in [2.45, 2.75) is 19.6 Å². The molecule has 0 fully saturated rings. The van der Waals surface area contributed by atoms with E-state index in [1.54, 1.807) is 7.11 Å². The van der Waals surface area contributed by atoms with Crippen molar-refractivity contribution in [2.75, 3.05) is 13.7 Å². The van der Waals surface area contributed by atoms with Gasteiger partial charge in [-0.25, -0.2) is 4.79 Å². The van der Waals surface area contributed by atoms with Crippen molar-refractivity contribution < 1.29 is 9.53 Å². The summed E-state index contributed by atoms with van der Waals surface area (Å²) in [6, 6.07) is 17.7. The average molecular weight is 298 g/mol. The lowest BCUT2D eigenvalue weighted by atomic mass is 10.1. The summed E-state index contributed by atoms with van der Waals surface area (Å²) in [6.45, 7) is 2.98. The second-order valence-corrected chi connectivity index (χ2v) is 5.13.